The molecule has 3 aromatic rings. The van der Waals surface area contributed by atoms with Gasteiger partial charge in [0.2, 0.25) is 11.9 Å². The van der Waals surface area contributed by atoms with Crippen molar-refractivity contribution >= 4 is 11.9 Å². The summed E-state index contributed by atoms with van der Waals surface area (Å²) in [7, 11) is 0. The maximum atomic E-state index is 5.67. The van der Waals surface area contributed by atoms with Crippen molar-refractivity contribution in [1.29, 1.82) is 0 Å². The molecular formula is C21H24N6O2. The highest BCUT2D eigenvalue weighted by Crippen LogP contribution is 2.31. The molecule has 2 aliphatic heterocycles. The topological polar surface area (TPSA) is 89.2 Å². The fourth-order valence-electron chi connectivity index (χ4n) is 3.83. The minimum Gasteiger partial charge on any atom is -0.463 e. The monoisotopic (exact) mass is 392 g/mol. The van der Waals surface area contributed by atoms with Crippen LogP contribution in [-0.2, 0) is 4.74 Å². The van der Waals surface area contributed by atoms with E-state index in [-0.39, 0.29) is 6.10 Å². The van der Waals surface area contributed by atoms with Crippen molar-refractivity contribution in [3.8, 4) is 22.7 Å². The number of rotatable bonds is 6. The van der Waals surface area contributed by atoms with Gasteiger partial charge in [-0.05, 0) is 43.9 Å². The molecule has 0 radical (unpaired) electrons. The Bertz CT molecular complexity index is 950. The van der Waals surface area contributed by atoms with Crippen LogP contribution in [0.5, 0.6) is 0 Å². The number of nitrogens with one attached hydrogen (secondary N) is 1. The number of aromatic nitrogens is 4. The summed E-state index contributed by atoms with van der Waals surface area (Å²) in [5, 5.41) is 3.29. The Labute approximate surface area is 169 Å². The fraction of sp³-hybridized carbons (Fsp3) is 0.429. The van der Waals surface area contributed by atoms with Crippen LogP contribution >= 0.6 is 0 Å². The second-order valence-corrected chi connectivity index (χ2v) is 7.39. The molecule has 3 aromatic heterocycles. The van der Waals surface area contributed by atoms with Gasteiger partial charge in [0, 0.05) is 44.2 Å². The number of hydrogen-bond acceptors (Lipinski definition) is 8. The van der Waals surface area contributed by atoms with Gasteiger partial charge in [0.05, 0.1) is 18.1 Å². The maximum Gasteiger partial charge on any atom is 0.225 e. The molecule has 2 fully saturated rings. The van der Waals surface area contributed by atoms with Crippen LogP contribution in [0.2, 0.25) is 0 Å². The Morgan fingerprint density at radius 3 is 2.83 bits per heavy atom. The molecule has 2 saturated heterocycles. The van der Waals surface area contributed by atoms with Gasteiger partial charge < -0.3 is 19.4 Å². The van der Waals surface area contributed by atoms with Gasteiger partial charge in [0.25, 0.3) is 0 Å². The van der Waals surface area contributed by atoms with Crippen LogP contribution in [0.3, 0.4) is 0 Å². The number of furan rings is 1. The summed E-state index contributed by atoms with van der Waals surface area (Å²) in [5.74, 6) is 2.00. The van der Waals surface area contributed by atoms with E-state index in [1.54, 1.807) is 18.7 Å². The van der Waals surface area contributed by atoms with Gasteiger partial charge in [-0.3, -0.25) is 0 Å². The number of nitrogens with zero attached hydrogens (tertiary/aromatic N) is 5. The minimum absolute atomic E-state index is 0.218. The van der Waals surface area contributed by atoms with E-state index in [1.807, 2.05) is 18.2 Å². The maximum absolute atomic E-state index is 5.67. The summed E-state index contributed by atoms with van der Waals surface area (Å²) in [5.41, 5.74) is 2.33. The first kappa shape index (κ1) is 18.1. The minimum atomic E-state index is 0.218. The molecule has 0 amide bonds. The summed E-state index contributed by atoms with van der Waals surface area (Å²) in [6, 6.07) is 5.65. The van der Waals surface area contributed by atoms with E-state index < -0.39 is 0 Å². The molecule has 8 heteroatoms. The predicted molar refractivity (Wildman–Crippen MR) is 110 cm³/mol. The molecule has 0 unspecified atom stereocenters. The lowest BCUT2D eigenvalue weighted by molar-refractivity contribution is 0.120. The molecule has 1 N–H and O–H groups in total. The van der Waals surface area contributed by atoms with Gasteiger partial charge in [0.15, 0.2) is 5.76 Å². The van der Waals surface area contributed by atoms with Crippen molar-refractivity contribution in [2.75, 3.05) is 36.5 Å². The van der Waals surface area contributed by atoms with E-state index in [0.29, 0.717) is 23.9 Å². The van der Waals surface area contributed by atoms with E-state index in [0.717, 1.165) is 49.7 Å². The van der Waals surface area contributed by atoms with E-state index in [9.17, 15) is 0 Å². The van der Waals surface area contributed by atoms with Crippen molar-refractivity contribution in [2.45, 2.75) is 31.8 Å². The average Bonchev–Trinajstić information content (AvgIpc) is 3.55. The molecule has 8 nitrogen and oxygen atoms in total. The number of hydrogen-bond donors (Lipinski definition) is 1. The zero-order chi connectivity index (χ0) is 19.5. The van der Waals surface area contributed by atoms with Crippen LogP contribution < -0.4 is 10.2 Å². The van der Waals surface area contributed by atoms with E-state index in [2.05, 4.69) is 20.2 Å². The Morgan fingerprint density at radius 2 is 2.03 bits per heavy atom. The van der Waals surface area contributed by atoms with E-state index >= 15 is 0 Å². The summed E-state index contributed by atoms with van der Waals surface area (Å²) in [4.78, 5) is 20.7. The second-order valence-electron chi connectivity index (χ2n) is 7.39. The van der Waals surface area contributed by atoms with Crippen LogP contribution in [0.4, 0.5) is 11.9 Å². The quantitative estimate of drug-likeness (QED) is 0.683. The standard InChI is InChI=1S/C21H24N6O2/c1-2-10-27(9-1)21-22-8-7-17(25-21)16-14-24-20(23-13-15-5-3-11-28-15)26-19(16)18-6-4-12-29-18/h4,6-8,12,14-15H,1-3,5,9-11,13H2,(H,23,24,26)/t15-/m0/s1. The van der Waals surface area contributed by atoms with Gasteiger partial charge in [-0.2, -0.15) is 0 Å². The van der Waals surface area contributed by atoms with Gasteiger partial charge in [-0.25, -0.2) is 19.9 Å². The molecule has 29 heavy (non-hydrogen) atoms. The molecule has 0 aliphatic carbocycles. The van der Waals surface area contributed by atoms with Crippen molar-refractivity contribution in [1.82, 2.24) is 19.9 Å². The zero-order valence-electron chi connectivity index (χ0n) is 16.3. The normalized spacial score (nSPS) is 19.0. The second kappa shape index (κ2) is 8.16. The number of anilines is 2. The van der Waals surface area contributed by atoms with E-state index in [4.69, 9.17) is 19.1 Å². The molecule has 5 heterocycles. The largest absolute Gasteiger partial charge is 0.463 e. The first-order valence-electron chi connectivity index (χ1n) is 10.2. The van der Waals surface area contributed by atoms with Gasteiger partial charge in [0.1, 0.15) is 5.69 Å². The summed E-state index contributed by atoms with van der Waals surface area (Å²) in [6.45, 7) is 3.52. The Hall–Kier alpha value is -3.00. The summed E-state index contributed by atoms with van der Waals surface area (Å²) < 4.78 is 11.3. The average molecular weight is 392 g/mol. The molecular weight excluding hydrogens is 368 g/mol. The number of ether oxygens (including phenoxy) is 1. The van der Waals surface area contributed by atoms with Gasteiger partial charge >= 0.3 is 0 Å². The Kier molecular flexibility index (Phi) is 5.08. The molecule has 0 spiro atoms. The zero-order valence-corrected chi connectivity index (χ0v) is 16.3. The van der Waals surface area contributed by atoms with Crippen LogP contribution in [0.15, 0.2) is 41.3 Å². The van der Waals surface area contributed by atoms with Crippen molar-refractivity contribution in [3.05, 3.63) is 36.9 Å². The molecule has 150 valence electrons. The van der Waals surface area contributed by atoms with Crippen molar-refractivity contribution < 1.29 is 9.15 Å². The Morgan fingerprint density at radius 1 is 1.10 bits per heavy atom. The highest BCUT2D eigenvalue weighted by Gasteiger charge is 2.20. The lowest BCUT2D eigenvalue weighted by Gasteiger charge is -2.16. The molecule has 0 aromatic carbocycles. The smallest absolute Gasteiger partial charge is 0.225 e. The highest BCUT2D eigenvalue weighted by atomic mass is 16.5. The van der Waals surface area contributed by atoms with Gasteiger partial charge in [-0.15, -0.1) is 0 Å². The van der Waals surface area contributed by atoms with Crippen molar-refractivity contribution in [2.24, 2.45) is 0 Å². The molecule has 0 bridgehead atoms. The fourth-order valence-corrected chi connectivity index (χ4v) is 3.83. The third-order valence-electron chi connectivity index (χ3n) is 5.36. The van der Waals surface area contributed by atoms with Crippen LogP contribution in [-0.4, -0.2) is 52.3 Å². The van der Waals surface area contributed by atoms with E-state index in [1.165, 1.54) is 12.8 Å². The first-order valence-corrected chi connectivity index (χ1v) is 10.2. The third-order valence-corrected chi connectivity index (χ3v) is 5.36. The van der Waals surface area contributed by atoms with Crippen LogP contribution in [0, 0.1) is 0 Å². The van der Waals surface area contributed by atoms with Gasteiger partial charge in [-0.1, -0.05) is 0 Å². The molecule has 0 saturated carbocycles. The molecule has 5 rings (SSSR count). The first-order chi connectivity index (χ1) is 14.4. The van der Waals surface area contributed by atoms with Crippen molar-refractivity contribution in [3.63, 3.8) is 0 Å². The highest BCUT2D eigenvalue weighted by molar-refractivity contribution is 5.77. The summed E-state index contributed by atoms with van der Waals surface area (Å²) in [6.07, 6.45) is 10.0. The lowest BCUT2D eigenvalue weighted by Crippen LogP contribution is -2.20. The van der Waals surface area contributed by atoms with Crippen LogP contribution in [0.25, 0.3) is 22.7 Å². The predicted octanol–water partition coefficient (Wildman–Crippen LogP) is 3.38. The lowest BCUT2D eigenvalue weighted by atomic mass is 10.1. The molecule has 1 atom stereocenters. The van der Waals surface area contributed by atoms with Crippen LogP contribution in [0.1, 0.15) is 25.7 Å². The molecule has 2 aliphatic rings. The Balaban J connectivity index is 1.46. The SMILES string of the molecule is c1coc(-c2nc(NC[C@@H]3CCCO3)ncc2-c2ccnc(N3CCCC3)n2)c1. The third kappa shape index (κ3) is 3.93. The summed E-state index contributed by atoms with van der Waals surface area (Å²) >= 11 is 0.